The minimum absolute atomic E-state index is 0.231. The Bertz CT molecular complexity index is 1330. The van der Waals surface area contributed by atoms with Crippen LogP contribution in [0, 0.1) is 0 Å². The summed E-state index contributed by atoms with van der Waals surface area (Å²) in [6.45, 7) is 1.63. The standard InChI is InChI=1S/C25H26N6O2S/c32-34(33,30-15-5-2-6-16-30)23-9-10-24(28-18-23)27-17-21-19-31(22-7-3-1-4-8-22)29-25(21)20-11-13-26-14-12-20/h1,3-4,7-14,18-19H,2,5-6,15-17H2,(H,27,28). The van der Waals surface area contributed by atoms with Gasteiger partial charge in [-0.3, -0.25) is 4.98 Å². The number of anilines is 1. The molecular formula is C25H26N6O2S. The molecule has 8 nitrogen and oxygen atoms in total. The van der Waals surface area contributed by atoms with E-state index in [4.69, 9.17) is 5.10 Å². The molecule has 3 aromatic heterocycles. The van der Waals surface area contributed by atoms with Crippen molar-refractivity contribution < 1.29 is 8.42 Å². The van der Waals surface area contributed by atoms with E-state index in [1.165, 1.54) is 6.20 Å². The maximum Gasteiger partial charge on any atom is 0.244 e. The Morgan fingerprint density at radius 3 is 2.38 bits per heavy atom. The van der Waals surface area contributed by atoms with Crippen LogP contribution in [0.2, 0.25) is 0 Å². The number of rotatable bonds is 7. The third kappa shape index (κ3) is 4.71. The van der Waals surface area contributed by atoms with E-state index in [9.17, 15) is 8.42 Å². The molecule has 5 rings (SSSR count). The Hall–Kier alpha value is -3.56. The maximum absolute atomic E-state index is 12.9. The van der Waals surface area contributed by atoms with E-state index >= 15 is 0 Å². The van der Waals surface area contributed by atoms with Crippen LogP contribution in [0.25, 0.3) is 16.9 Å². The smallest absolute Gasteiger partial charge is 0.244 e. The summed E-state index contributed by atoms with van der Waals surface area (Å²) in [7, 11) is -3.49. The number of para-hydroxylation sites is 1. The van der Waals surface area contributed by atoms with E-state index in [2.05, 4.69) is 15.3 Å². The number of nitrogens with zero attached hydrogens (tertiary/aromatic N) is 5. The van der Waals surface area contributed by atoms with Gasteiger partial charge in [-0.2, -0.15) is 9.40 Å². The highest BCUT2D eigenvalue weighted by molar-refractivity contribution is 7.89. The highest BCUT2D eigenvalue weighted by Gasteiger charge is 2.26. The van der Waals surface area contributed by atoms with Gasteiger partial charge in [0.25, 0.3) is 0 Å². The van der Waals surface area contributed by atoms with Crippen LogP contribution in [0.1, 0.15) is 24.8 Å². The first-order valence-corrected chi connectivity index (χ1v) is 12.8. The summed E-state index contributed by atoms with van der Waals surface area (Å²) in [4.78, 5) is 8.71. The van der Waals surface area contributed by atoms with Crippen molar-refractivity contribution in [1.29, 1.82) is 0 Å². The van der Waals surface area contributed by atoms with Crippen molar-refractivity contribution in [3.05, 3.63) is 84.9 Å². The summed E-state index contributed by atoms with van der Waals surface area (Å²) in [6, 6.07) is 17.1. The van der Waals surface area contributed by atoms with Crippen LogP contribution in [0.3, 0.4) is 0 Å². The van der Waals surface area contributed by atoms with Gasteiger partial charge in [0.1, 0.15) is 10.7 Å². The summed E-state index contributed by atoms with van der Waals surface area (Å²) in [5.41, 5.74) is 3.77. The molecular weight excluding hydrogens is 448 g/mol. The lowest BCUT2D eigenvalue weighted by molar-refractivity contribution is 0.346. The molecule has 9 heteroatoms. The van der Waals surface area contributed by atoms with Crippen LogP contribution >= 0.6 is 0 Å². The predicted molar refractivity (Wildman–Crippen MR) is 131 cm³/mol. The van der Waals surface area contributed by atoms with Gasteiger partial charge in [0.05, 0.1) is 11.4 Å². The lowest BCUT2D eigenvalue weighted by atomic mass is 10.1. The Balaban J connectivity index is 1.36. The Morgan fingerprint density at radius 1 is 0.912 bits per heavy atom. The Kier molecular flexibility index (Phi) is 6.37. The monoisotopic (exact) mass is 474 g/mol. The van der Waals surface area contributed by atoms with Crippen LogP contribution < -0.4 is 5.32 Å². The summed E-state index contributed by atoms with van der Waals surface area (Å²) in [5, 5.41) is 8.11. The molecule has 1 aliphatic heterocycles. The topological polar surface area (TPSA) is 93.0 Å². The lowest BCUT2D eigenvalue weighted by Gasteiger charge is -2.25. The first-order chi connectivity index (χ1) is 16.6. The van der Waals surface area contributed by atoms with Crippen molar-refractivity contribution in [3.63, 3.8) is 0 Å². The quantitative estimate of drug-likeness (QED) is 0.433. The van der Waals surface area contributed by atoms with Gasteiger partial charge in [-0.15, -0.1) is 0 Å². The molecule has 1 fully saturated rings. The van der Waals surface area contributed by atoms with E-state index in [1.807, 2.05) is 53.3 Å². The zero-order chi connectivity index (χ0) is 23.4. The highest BCUT2D eigenvalue weighted by atomic mass is 32.2. The largest absolute Gasteiger partial charge is 0.366 e. The molecule has 4 heterocycles. The average molecular weight is 475 g/mol. The number of pyridine rings is 2. The van der Waals surface area contributed by atoms with E-state index < -0.39 is 10.0 Å². The Labute approximate surface area is 199 Å². The number of piperidine rings is 1. The van der Waals surface area contributed by atoms with Gasteiger partial charge in [0, 0.05) is 55.5 Å². The molecule has 1 saturated heterocycles. The number of hydrogen-bond acceptors (Lipinski definition) is 6. The van der Waals surface area contributed by atoms with E-state index in [0.29, 0.717) is 25.5 Å². The molecule has 0 radical (unpaired) electrons. The first kappa shape index (κ1) is 22.2. The third-order valence-electron chi connectivity index (χ3n) is 5.91. The van der Waals surface area contributed by atoms with Gasteiger partial charge in [0.2, 0.25) is 10.0 Å². The normalized spacial score (nSPS) is 14.7. The van der Waals surface area contributed by atoms with E-state index in [1.54, 1.807) is 28.8 Å². The molecule has 0 amide bonds. The molecule has 174 valence electrons. The molecule has 1 aromatic carbocycles. The first-order valence-electron chi connectivity index (χ1n) is 11.4. The fourth-order valence-corrected chi connectivity index (χ4v) is 5.55. The molecule has 0 saturated carbocycles. The van der Waals surface area contributed by atoms with Crippen LogP contribution in [0.4, 0.5) is 5.82 Å². The number of hydrogen-bond donors (Lipinski definition) is 1. The second-order valence-corrected chi connectivity index (χ2v) is 10.2. The minimum atomic E-state index is -3.49. The Morgan fingerprint density at radius 2 is 1.68 bits per heavy atom. The summed E-state index contributed by atoms with van der Waals surface area (Å²) in [5.74, 6) is 0.603. The molecule has 0 unspecified atom stereocenters. The van der Waals surface area contributed by atoms with E-state index in [-0.39, 0.29) is 4.90 Å². The number of sulfonamides is 1. The number of nitrogens with one attached hydrogen (secondary N) is 1. The maximum atomic E-state index is 12.9. The zero-order valence-corrected chi connectivity index (χ0v) is 19.5. The van der Waals surface area contributed by atoms with Gasteiger partial charge < -0.3 is 5.32 Å². The molecule has 1 aliphatic rings. The minimum Gasteiger partial charge on any atom is -0.366 e. The molecule has 0 spiro atoms. The van der Waals surface area contributed by atoms with Gasteiger partial charge >= 0.3 is 0 Å². The van der Waals surface area contributed by atoms with E-state index in [0.717, 1.165) is 41.8 Å². The van der Waals surface area contributed by atoms with Crippen molar-refractivity contribution in [1.82, 2.24) is 24.1 Å². The molecule has 0 aliphatic carbocycles. The molecule has 34 heavy (non-hydrogen) atoms. The molecule has 0 atom stereocenters. The van der Waals surface area contributed by atoms with Crippen LogP contribution in [-0.2, 0) is 16.6 Å². The average Bonchev–Trinajstić information content (AvgIpc) is 3.34. The van der Waals surface area contributed by atoms with Crippen molar-refractivity contribution in [2.75, 3.05) is 18.4 Å². The fourth-order valence-electron chi connectivity index (χ4n) is 4.08. The predicted octanol–water partition coefficient (Wildman–Crippen LogP) is 4.12. The third-order valence-corrected chi connectivity index (χ3v) is 7.80. The van der Waals surface area contributed by atoms with Crippen molar-refractivity contribution >= 4 is 15.8 Å². The van der Waals surface area contributed by atoms with Crippen molar-refractivity contribution in [2.24, 2.45) is 0 Å². The number of benzene rings is 1. The van der Waals surface area contributed by atoms with Crippen LogP contribution in [0.5, 0.6) is 0 Å². The van der Waals surface area contributed by atoms with Gasteiger partial charge in [-0.05, 0) is 49.2 Å². The SMILES string of the molecule is O=S(=O)(c1ccc(NCc2cn(-c3ccccc3)nc2-c2ccncc2)nc1)N1CCCCC1. The van der Waals surface area contributed by atoms with Gasteiger partial charge in [-0.25, -0.2) is 18.1 Å². The van der Waals surface area contributed by atoms with Gasteiger partial charge in [-0.1, -0.05) is 24.6 Å². The second kappa shape index (κ2) is 9.74. The summed E-state index contributed by atoms with van der Waals surface area (Å²) < 4.78 is 29.1. The molecule has 0 bridgehead atoms. The number of aromatic nitrogens is 4. The lowest BCUT2D eigenvalue weighted by Crippen LogP contribution is -2.35. The van der Waals surface area contributed by atoms with Crippen LogP contribution in [-0.4, -0.2) is 45.6 Å². The zero-order valence-electron chi connectivity index (χ0n) is 18.7. The highest BCUT2D eigenvalue weighted by Crippen LogP contribution is 2.25. The van der Waals surface area contributed by atoms with Crippen molar-refractivity contribution in [2.45, 2.75) is 30.7 Å². The second-order valence-electron chi connectivity index (χ2n) is 8.22. The summed E-state index contributed by atoms with van der Waals surface area (Å²) in [6.07, 6.45) is 9.81. The molecule has 4 aromatic rings. The van der Waals surface area contributed by atoms with Gasteiger partial charge in [0.15, 0.2) is 0 Å². The summed E-state index contributed by atoms with van der Waals surface area (Å²) >= 11 is 0. The van der Waals surface area contributed by atoms with Crippen LogP contribution in [0.15, 0.2) is 84.3 Å². The van der Waals surface area contributed by atoms with Crippen molar-refractivity contribution in [3.8, 4) is 16.9 Å². The fraction of sp³-hybridized carbons (Fsp3) is 0.240. The molecule has 1 N–H and O–H groups in total.